The van der Waals surface area contributed by atoms with Crippen molar-refractivity contribution in [2.24, 2.45) is 0 Å². The van der Waals surface area contributed by atoms with E-state index in [1.807, 2.05) is 12.1 Å². The maximum atomic E-state index is 5.30. The van der Waals surface area contributed by atoms with Crippen molar-refractivity contribution in [3.8, 4) is 0 Å². The first kappa shape index (κ1) is 18.5. The van der Waals surface area contributed by atoms with Gasteiger partial charge < -0.3 is 21.7 Å². The molecule has 0 heterocycles. The maximum absolute atomic E-state index is 5.30. The molecule has 0 bridgehead atoms. The van der Waals surface area contributed by atoms with Crippen LogP contribution in [-0.4, -0.2) is 36.3 Å². The van der Waals surface area contributed by atoms with Crippen LogP contribution >= 0.6 is 0 Å². The zero-order valence-electron chi connectivity index (χ0n) is 9.62. The van der Waals surface area contributed by atoms with Gasteiger partial charge in [0.2, 0.25) is 0 Å². The van der Waals surface area contributed by atoms with Gasteiger partial charge in [-0.15, -0.1) is 6.58 Å². The van der Waals surface area contributed by atoms with Crippen molar-refractivity contribution in [2.75, 3.05) is 13.2 Å². The van der Waals surface area contributed by atoms with Gasteiger partial charge in [0.15, 0.2) is 0 Å². The summed E-state index contributed by atoms with van der Waals surface area (Å²) in [5, 5.41) is 0. The fraction of sp³-hybridized carbons (Fsp3) is 0.385. The van der Waals surface area contributed by atoms with Crippen LogP contribution in [0.3, 0.4) is 0 Å². The largest absolute Gasteiger partial charge is 2.00 e. The molecule has 16 heavy (non-hydrogen) atoms. The summed E-state index contributed by atoms with van der Waals surface area (Å²) in [5.74, 6) is 0. The van der Waals surface area contributed by atoms with Crippen molar-refractivity contribution in [1.82, 2.24) is 0 Å². The van der Waals surface area contributed by atoms with E-state index in [2.05, 4.69) is 24.8 Å². The van der Waals surface area contributed by atoms with Crippen molar-refractivity contribution < 1.29 is 21.7 Å². The van der Waals surface area contributed by atoms with Crippen molar-refractivity contribution in [1.29, 1.82) is 0 Å². The van der Waals surface area contributed by atoms with E-state index in [0.717, 1.165) is 19.4 Å². The summed E-state index contributed by atoms with van der Waals surface area (Å²) in [6.07, 6.45) is 5.22. The van der Waals surface area contributed by atoms with Crippen LogP contribution in [0, 0.1) is 6.07 Å². The van der Waals surface area contributed by atoms with E-state index in [9.17, 15) is 0 Å². The molecule has 0 aliphatic rings. The molecule has 0 N–H and O–H groups in total. The van der Waals surface area contributed by atoms with Gasteiger partial charge in [0.25, 0.3) is 0 Å². The predicted octanol–water partition coefficient (Wildman–Crippen LogP) is -0.365. The van der Waals surface area contributed by atoms with Crippen LogP contribution in [0.4, 0.5) is 0 Å². The van der Waals surface area contributed by atoms with E-state index in [-0.39, 0.29) is 40.0 Å². The molecule has 1 nitrogen and oxygen atoms in total. The molecule has 1 rings (SSSR count). The second kappa shape index (κ2) is 13.2. The van der Waals surface area contributed by atoms with Crippen LogP contribution in [0.2, 0.25) is 0 Å². The number of aryl methyl sites for hydroxylation is 1. The van der Waals surface area contributed by atoms with Crippen molar-refractivity contribution in [3.05, 3.63) is 48.6 Å². The number of hydrogen-bond acceptors (Lipinski definition) is 1. The van der Waals surface area contributed by atoms with Gasteiger partial charge in [0.1, 0.15) is 0 Å². The Kier molecular flexibility index (Phi) is 15.3. The summed E-state index contributed by atoms with van der Waals surface area (Å²) in [6.45, 7) is 5.10. The summed E-state index contributed by atoms with van der Waals surface area (Å²) in [7, 11) is 0. The first-order valence-corrected chi connectivity index (χ1v) is 5.07. The average Bonchev–Trinajstić information content (AvgIpc) is 2.25. The standard InChI is InChI=1S/C13H17O.BrH.Mg/c1-2-11-14-12-7-6-10-13-8-4-3-5-9-13;;/h2,4-5,8-9H,1,6-7,10-12H2;1H;/q-1;;+2/p-1. The molecule has 0 spiro atoms. The van der Waals surface area contributed by atoms with E-state index >= 15 is 0 Å². The molecule has 1 aromatic rings. The van der Waals surface area contributed by atoms with E-state index in [0.29, 0.717) is 6.61 Å². The van der Waals surface area contributed by atoms with Crippen molar-refractivity contribution >= 4 is 23.1 Å². The first-order chi connectivity index (χ1) is 6.93. The minimum absolute atomic E-state index is 0. The molecule has 0 fully saturated rings. The van der Waals surface area contributed by atoms with Gasteiger partial charge in [0, 0.05) is 6.61 Å². The molecule has 0 aliphatic carbocycles. The fourth-order valence-corrected chi connectivity index (χ4v) is 1.29. The summed E-state index contributed by atoms with van der Waals surface area (Å²) >= 11 is 0. The molecule has 0 atom stereocenters. The molecule has 0 aromatic heterocycles. The Bertz CT molecular complexity index is 251. The Morgan fingerprint density at radius 1 is 1.25 bits per heavy atom. The topological polar surface area (TPSA) is 9.23 Å². The van der Waals surface area contributed by atoms with Crippen LogP contribution in [-0.2, 0) is 11.2 Å². The molecule has 1 aromatic carbocycles. The van der Waals surface area contributed by atoms with Gasteiger partial charge in [-0.25, -0.2) is 0 Å². The summed E-state index contributed by atoms with van der Waals surface area (Å²) < 4.78 is 5.30. The Morgan fingerprint density at radius 2 is 1.94 bits per heavy atom. The first-order valence-electron chi connectivity index (χ1n) is 5.07. The Hall–Kier alpha value is 0.166. The summed E-state index contributed by atoms with van der Waals surface area (Å²) in [4.78, 5) is 0. The molecular formula is C13H17BrMgO. The van der Waals surface area contributed by atoms with Crippen LogP contribution < -0.4 is 17.0 Å². The number of ether oxygens (including phenoxy) is 1. The van der Waals surface area contributed by atoms with Crippen LogP contribution in [0.5, 0.6) is 0 Å². The zero-order valence-corrected chi connectivity index (χ0v) is 12.6. The predicted molar refractivity (Wildman–Crippen MR) is 65.0 cm³/mol. The van der Waals surface area contributed by atoms with Gasteiger partial charge in [0.05, 0.1) is 6.61 Å². The third-order valence-corrected chi connectivity index (χ3v) is 2.03. The third-order valence-electron chi connectivity index (χ3n) is 2.03. The van der Waals surface area contributed by atoms with Gasteiger partial charge >= 0.3 is 23.1 Å². The zero-order chi connectivity index (χ0) is 10.1. The Morgan fingerprint density at radius 3 is 2.56 bits per heavy atom. The van der Waals surface area contributed by atoms with E-state index in [1.165, 1.54) is 12.0 Å². The van der Waals surface area contributed by atoms with E-state index in [4.69, 9.17) is 4.74 Å². The van der Waals surface area contributed by atoms with Crippen molar-refractivity contribution in [2.45, 2.75) is 19.3 Å². The molecule has 0 radical (unpaired) electrons. The average molecular weight is 293 g/mol. The number of halogens is 1. The molecule has 0 saturated carbocycles. The molecule has 3 heteroatoms. The van der Waals surface area contributed by atoms with E-state index < -0.39 is 0 Å². The molecule has 0 amide bonds. The Balaban J connectivity index is 0. The minimum atomic E-state index is 0. The summed E-state index contributed by atoms with van der Waals surface area (Å²) in [5.41, 5.74) is 1.38. The molecule has 0 unspecified atom stereocenters. The smallest absolute Gasteiger partial charge is 1.00 e. The monoisotopic (exact) mass is 292 g/mol. The number of rotatable bonds is 7. The number of benzene rings is 1. The van der Waals surface area contributed by atoms with Crippen LogP contribution in [0.25, 0.3) is 0 Å². The second-order valence-electron chi connectivity index (χ2n) is 3.23. The van der Waals surface area contributed by atoms with Gasteiger partial charge in [-0.3, -0.25) is 0 Å². The minimum Gasteiger partial charge on any atom is -1.00 e. The van der Waals surface area contributed by atoms with Gasteiger partial charge in [-0.05, 0) is 12.8 Å². The van der Waals surface area contributed by atoms with Gasteiger partial charge in [-0.2, -0.15) is 35.9 Å². The molecule has 84 valence electrons. The SMILES string of the molecule is C=CCOCCCCc1cc[c-]cc1.[Br-].[Mg+2]. The summed E-state index contributed by atoms with van der Waals surface area (Å²) in [6, 6.07) is 11.2. The van der Waals surface area contributed by atoms with Crippen molar-refractivity contribution in [3.63, 3.8) is 0 Å². The fourth-order valence-electron chi connectivity index (χ4n) is 1.29. The number of unbranched alkanes of at least 4 members (excludes halogenated alkanes) is 1. The normalized spacial score (nSPS) is 8.75. The van der Waals surface area contributed by atoms with Gasteiger partial charge in [-0.1, -0.05) is 12.5 Å². The third kappa shape index (κ3) is 9.40. The maximum Gasteiger partial charge on any atom is 2.00 e. The van der Waals surface area contributed by atoms with Crippen LogP contribution in [0.15, 0.2) is 36.9 Å². The van der Waals surface area contributed by atoms with E-state index in [1.54, 1.807) is 6.08 Å². The molecule has 0 aliphatic heterocycles. The molecule has 0 saturated heterocycles. The number of hydrogen-bond donors (Lipinski definition) is 0. The second-order valence-corrected chi connectivity index (χ2v) is 3.23. The quantitative estimate of drug-likeness (QED) is 0.289. The van der Waals surface area contributed by atoms with Crippen LogP contribution in [0.1, 0.15) is 18.4 Å². The Labute approximate surface area is 125 Å². The molecular weight excluding hydrogens is 276 g/mol.